The van der Waals surface area contributed by atoms with Gasteiger partial charge in [0.05, 0.1) is 6.54 Å². The Balaban J connectivity index is 1.44. The van der Waals surface area contributed by atoms with E-state index in [4.69, 9.17) is 0 Å². The van der Waals surface area contributed by atoms with E-state index >= 15 is 0 Å². The van der Waals surface area contributed by atoms with Crippen LogP contribution in [0, 0.1) is 11.6 Å². The van der Waals surface area contributed by atoms with Gasteiger partial charge in [-0.15, -0.1) is 0 Å². The highest BCUT2D eigenvalue weighted by Gasteiger charge is 2.28. The van der Waals surface area contributed by atoms with Crippen molar-refractivity contribution in [3.63, 3.8) is 0 Å². The summed E-state index contributed by atoms with van der Waals surface area (Å²) in [6.45, 7) is 1.25. The Hall–Kier alpha value is -3.55. The van der Waals surface area contributed by atoms with Gasteiger partial charge in [-0.1, -0.05) is 30.3 Å². The van der Waals surface area contributed by atoms with Crippen LogP contribution in [-0.4, -0.2) is 33.0 Å². The first-order valence-electron chi connectivity index (χ1n) is 9.14. The second kappa shape index (κ2) is 7.83. The van der Waals surface area contributed by atoms with E-state index in [2.05, 4.69) is 10.4 Å². The summed E-state index contributed by atoms with van der Waals surface area (Å²) in [7, 11) is 0. The molecule has 29 heavy (non-hydrogen) atoms. The van der Waals surface area contributed by atoms with E-state index < -0.39 is 11.7 Å². The maximum atomic E-state index is 13.7. The van der Waals surface area contributed by atoms with Crippen molar-refractivity contribution in [3.05, 3.63) is 88.7 Å². The molecule has 1 aliphatic rings. The minimum Gasteiger partial charge on any atom is -0.346 e. The Morgan fingerprint density at radius 1 is 1.07 bits per heavy atom. The summed E-state index contributed by atoms with van der Waals surface area (Å²) in [6, 6.07) is 13.6. The number of rotatable bonds is 5. The summed E-state index contributed by atoms with van der Waals surface area (Å²) in [5.74, 6) is -1.46. The fourth-order valence-corrected chi connectivity index (χ4v) is 3.22. The molecule has 0 aliphatic carbocycles. The second-order valence-corrected chi connectivity index (χ2v) is 6.77. The molecule has 0 saturated heterocycles. The van der Waals surface area contributed by atoms with Gasteiger partial charge in [-0.25, -0.2) is 8.78 Å². The Bertz CT molecular complexity index is 1060. The van der Waals surface area contributed by atoms with Gasteiger partial charge in [-0.2, -0.15) is 5.10 Å². The van der Waals surface area contributed by atoms with Gasteiger partial charge < -0.3 is 10.2 Å². The van der Waals surface area contributed by atoms with Gasteiger partial charge in [0, 0.05) is 31.3 Å². The van der Waals surface area contributed by atoms with Gasteiger partial charge >= 0.3 is 0 Å². The number of amides is 2. The minimum absolute atomic E-state index is 0.0261. The molecule has 0 spiro atoms. The van der Waals surface area contributed by atoms with Gasteiger partial charge in [0.15, 0.2) is 5.69 Å². The molecule has 3 aromatic rings. The van der Waals surface area contributed by atoms with Crippen LogP contribution in [0.2, 0.25) is 0 Å². The lowest BCUT2D eigenvalue weighted by Crippen LogP contribution is -2.39. The Morgan fingerprint density at radius 2 is 1.83 bits per heavy atom. The molecule has 4 rings (SSSR count). The van der Waals surface area contributed by atoms with Crippen molar-refractivity contribution in [2.75, 3.05) is 6.54 Å². The average Bonchev–Trinajstić information content (AvgIpc) is 3.16. The fourth-order valence-electron chi connectivity index (χ4n) is 3.22. The van der Waals surface area contributed by atoms with E-state index in [0.717, 1.165) is 5.56 Å². The van der Waals surface area contributed by atoms with Crippen LogP contribution in [0.1, 0.15) is 32.1 Å². The molecule has 0 fully saturated rings. The number of aromatic nitrogens is 2. The average molecular weight is 396 g/mol. The summed E-state index contributed by atoms with van der Waals surface area (Å²) in [5, 5.41) is 6.82. The number of halogens is 2. The van der Waals surface area contributed by atoms with Gasteiger partial charge in [-0.05, 0) is 23.8 Å². The largest absolute Gasteiger partial charge is 0.346 e. The standard InChI is InChI=1S/C21H18F2N4O2/c22-16-7-5-14(6-8-16)13-26-9-10-27-19(21(26)29)11-18(25-27)20(28)24-12-15-3-1-2-4-17(15)23/h1-8,11H,9-10,12-13H2,(H,24,28). The molecule has 0 radical (unpaired) electrons. The van der Waals surface area contributed by atoms with Crippen LogP contribution in [0.25, 0.3) is 0 Å². The van der Waals surface area contributed by atoms with Crippen molar-refractivity contribution in [1.82, 2.24) is 20.0 Å². The Kier molecular flexibility index (Phi) is 5.07. The number of carbonyl (C=O) groups excluding carboxylic acids is 2. The molecular weight excluding hydrogens is 378 g/mol. The summed E-state index contributed by atoms with van der Waals surface area (Å²) >= 11 is 0. The summed E-state index contributed by atoms with van der Waals surface area (Å²) in [6.07, 6.45) is 0. The lowest BCUT2D eigenvalue weighted by Gasteiger charge is -2.27. The van der Waals surface area contributed by atoms with Crippen LogP contribution >= 0.6 is 0 Å². The van der Waals surface area contributed by atoms with Crippen LogP contribution in [0.15, 0.2) is 54.6 Å². The summed E-state index contributed by atoms with van der Waals surface area (Å²) in [5.41, 5.74) is 1.60. The third kappa shape index (κ3) is 4.01. The van der Waals surface area contributed by atoms with Gasteiger partial charge in [0.2, 0.25) is 0 Å². The maximum Gasteiger partial charge on any atom is 0.272 e. The number of benzene rings is 2. The molecule has 1 N–H and O–H groups in total. The van der Waals surface area contributed by atoms with Crippen LogP contribution in [-0.2, 0) is 19.6 Å². The summed E-state index contributed by atoms with van der Waals surface area (Å²) in [4.78, 5) is 26.8. The molecule has 8 heteroatoms. The van der Waals surface area contributed by atoms with Crippen molar-refractivity contribution >= 4 is 11.8 Å². The normalized spacial score (nSPS) is 13.3. The first kappa shape index (κ1) is 18.8. The zero-order valence-electron chi connectivity index (χ0n) is 15.4. The smallest absolute Gasteiger partial charge is 0.272 e. The molecule has 0 bridgehead atoms. The van der Waals surface area contributed by atoms with Crippen molar-refractivity contribution in [1.29, 1.82) is 0 Å². The number of hydrogen-bond acceptors (Lipinski definition) is 3. The predicted molar refractivity (Wildman–Crippen MR) is 101 cm³/mol. The van der Waals surface area contributed by atoms with Crippen LogP contribution in [0.3, 0.4) is 0 Å². The molecule has 2 heterocycles. The van der Waals surface area contributed by atoms with E-state index in [1.807, 2.05) is 0 Å². The highest BCUT2D eigenvalue weighted by atomic mass is 19.1. The highest BCUT2D eigenvalue weighted by molar-refractivity contribution is 5.98. The molecule has 2 amide bonds. The van der Waals surface area contributed by atoms with Crippen molar-refractivity contribution in [2.45, 2.75) is 19.6 Å². The molecule has 6 nitrogen and oxygen atoms in total. The molecule has 0 atom stereocenters. The van der Waals surface area contributed by atoms with E-state index in [1.165, 1.54) is 28.9 Å². The zero-order valence-corrected chi connectivity index (χ0v) is 15.4. The van der Waals surface area contributed by atoms with Crippen LogP contribution in [0.5, 0.6) is 0 Å². The SMILES string of the molecule is O=C(NCc1ccccc1F)c1cc2n(n1)CCN(Cc1ccc(F)cc1)C2=O. The predicted octanol–water partition coefficient (Wildman–Crippen LogP) is 2.75. The van der Waals surface area contributed by atoms with Gasteiger partial charge in [-0.3, -0.25) is 14.3 Å². The Morgan fingerprint density at radius 3 is 2.59 bits per heavy atom. The Labute approximate surface area is 165 Å². The fraction of sp³-hybridized carbons (Fsp3) is 0.190. The highest BCUT2D eigenvalue weighted by Crippen LogP contribution is 2.17. The number of carbonyl (C=O) groups is 2. The van der Waals surface area contributed by atoms with E-state index in [0.29, 0.717) is 30.9 Å². The van der Waals surface area contributed by atoms with Gasteiger partial charge in [0.1, 0.15) is 17.3 Å². The number of hydrogen-bond donors (Lipinski definition) is 1. The van der Waals surface area contributed by atoms with Crippen molar-refractivity contribution < 1.29 is 18.4 Å². The monoisotopic (exact) mass is 396 g/mol. The number of fused-ring (bicyclic) bond motifs is 1. The van der Waals surface area contributed by atoms with E-state index in [1.54, 1.807) is 35.2 Å². The first-order valence-corrected chi connectivity index (χ1v) is 9.14. The van der Waals surface area contributed by atoms with E-state index in [-0.39, 0.29) is 24.0 Å². The molecule has 1 aromatic heterocycles. The second-order valence-electron chi connectivity index (χ2n) is 6.77. The van der Waals surface area contributed by atoms with Crippen LogP contribution < -0.4 is 5.32 Å². The third-order valence-electron chi connectivity index (χ3n) is 4.78. The lowest BCUT2D eigenvalue weighted by atomic mass is 10.2. The molecular formula is C21H18F2N4O2. The maximum absolute atomic E-state index is 13.7. The topological polar surface area (TPSA) is 67.2 Å². The number of nitrogens with zero attached hydrogens (tertiary/aromatic N) is 3. The number of nitrogens with one attached hydrogen (secondary N) is 1. The van der Waals surface area contributed by atoms with Crippen LogP contribution in [0.4, 0.5) is 8.78 Å². The van der Waals surface area contributed by atoms with Crippen molar-refractivity contribution in [2.24, 2.45) is 0 Å². The molecule has 1 aliphatic heterocycles. The van der Waals surface area contributed by atoms with Gasteiger partial charge in [0.25, 0.3) is 11.8 Å². The molecule has 2 aromatic carbocycles. The van der Waals surface area contributed by atoms with Crippen molar-refractivity contribution in [3.8, 4) is 0 Å². The summed E-state index contributed by atoms with van der Waals surface area (Å²) < 4.78 is 28.2. The third-order valence-corrected chi connectivity index (χ3v) is 4.78. The zero-order chi connectivity index (χ0) is 20.4. The molecule has 0 unspecified atom stereocenters. The van der Waals surface area contributed by atoms with E-state index in [9.17, 15) is 18.4 Å². The lowest BCUT2D eigenvalue weighted by molar-refractivity contribution is 0.0683. The first-order chi connectivity index (χ1) is 14.0. The molecule has 148 valence electrons. The minimum atomic E-state index is -0.479. The molecule has 0 saturated carbocycles. The quantitative estimate of drug-likeness (QED) is 0.721.